The average molecular weight is 253 g/mol. The molecule has 0 amide bonds. The van der Waals surface area contributed by atoms with Crippen molar-refractivity contribution in [2.75, 3.05) is 0 Å². The van der Waals surface area contributed by atoms with Crippen LogP contribution in [0, 0.1) is 0 Å². The summed E-state index contributed by atoms with van der Waals surface area (Å²) in [4.78, 5) is 4.30. The average Bonchev–Trinajstić information content (AvgIpc) is 3.08. The smallest absolute Gasteiger partial charge is 0.185 e. The molecular weight excluding hydrogens is 242 g/mol. The Labute approximate surface area is 109 Å². The van der Waals surface area contributed by atoms with E-state index in [-0.39, 0.29) is 5.75 Å². The van der Waals surface area contributed by atoms with E-state index >= 15 is 0 Å². The van der Waals surface area contributed by atoms with Crippen molar-refractivity contribution in [2.45, 2.75) is 0 Å². The molecule has 19 heavy (non-hydrogen) atoms. The van der Waals surface area contributed by atoms with Crippen LogP contribution in [0.2, 0.25) is 0 Å². The fraction of sp³-hybridized carbons (Fsp3) is 0. The van der Waals surface area contributed by atoms with E-state index in [2.05, 4.69) is 15.2 Å². The highest BCUT2D eigenvalue weighted by molar-refractivity contribution is 5.68. The van der Waals surface area contributed by atoms with Gasteiger partial charge in [-0.15, -0.1) is 0 Å². The van der Waals surface area contributed by atoms with Crippen LogP contribution in [0.4, 0.5) is 0 Å². The molecule has 5 heteroatoms. The number of nitrogens with one attached hydrogen (secondary N) is 1. The van der Waals surface area contributed by atoms with Crippen molar-refractivity contribution < 1.29 is 9.52 Å². The predicted octanol–water partition coefficient (Wildman–Crippen LogP) is 2.94. The Morgan fingerprint density at radius 2 is 2.05 bits per heavy atom. The molecule has 0 aliphatic heterocycles. The van der Waals surface area contributed by atoms with Crippen LogP contribution in [0.25, 0.3) is 23.5 Å². The van der Waals surface area contributed by atoms with Crippen LogP contribution in [0.1, 0.15) is 11.4 Å². The van der Waals surface area contributed by atoms with Crippen molar-refractivity contribution in [3.8, 4) is 17.1 Å². The summed E-state index contributed by atoms with van der Waals surface area (Å²) in [5, 5.41) is 16.6. The van der Waals surface area contributed by atoms with E-state index < -0.39 is 0 Å². The molecule has 0 bridgehead atoms. The van der Waals surface area contributed by atoms with Gasteiger partial charge in [-0.25, -0.2) is 4.98 Å². The molecule has 0 saturated heterocycles. The Bertz CT molecular complexity index is 699. The first kappa shape index (κ1) is 11.3. The van der Waals surface area contributed by atoms with Crippen molar-refractivity contribution in [3.63, 3.8) is 0 Å². The molecule has 94 valence electrons. The Kier molecular flexibility index (Phi) is 2.86. The summed E-state index contributed by atoms with van der Waals surface area (Å²) in [6.45, 7) is 0. The maximum atomic E-state index is 9.73. The Morgan fingerprint density at radius 3 is 2.84 bits per heavy atom. The quantitative estimate of drug-likeness (QED) is 0.752. The molecule has 0 aliphatic rings. The highest BCUT2D eigenvalue weighted by Gasteiger charge is 2.08. The number of phenols is 1. The van der Waals surface area contributed by atoms with E-state index in [4.69, 9.17) is 4.42 Å². The second kappa shape index (κ2) is 4.81. The fourth-order valence-electron chi connectivity index (χ4n) is 1.68. The number of para-hydroxylation sites is 1. The molecule has 0 saturated carbocycles. The van der Waals surface area contributed by atoms with Crippen LogP contribution in [-0.4, -0.2) is 20.3 Å². The van der Waals surface area contributed by atoms with Crippen LogP contribution in [0.3, 0.4) is 0 Å². The maximum Gasteiger partial charge on any atom is 0.185 e. The van der Waals surface area contributed by atoms with Crippen LogP contribution in [-0.2, 0) is 0 Å². The zero-order chi connectivity index (χ0) is 13.1. The second-order valence-corrected chi connectivity index (χ2v) is 3.95. The molecule has 0 spiro atoms. The lowest BCUT2D eigenvalue weighted by Crippen LogP contribution is -1.81. The van der Waals surface area contributed by atoms with E-state index in [0.717, 1.165) is 5.56 Å². The number of aromatic nitrogens is 3. The molecule has 2 N–H and O–H groups in total. The number of rotatable bonds is 3. The fourth-order valence-corrected chi connectivity index (χ4v) is 1.68. The molecular formula is C14H11N3O2. The first-order chi connectivity index (χ1) is 9.33. The summed E-state index contributed by atoms with van der Waals surface area (Å²) in [7, 11) is 0. The van der Waals surface area contributed by atoms with Crippen molar-refractivity contribution in [3.05, 3.63) is 54.2 Å². The van der Waals surface area contributed by atoms with Gasteiger partial charge in [0.2, 0.25) is 0 Å². The van der Waals surface area contributed by atoms with Gasteiger partial charge in [0.25, 0.3) is 0 Å². The minimum atomic E-state index is 0.159. The van der Waals surface area contributed by atoms with Crippen molar-refractivity contribution >= 4 is 12.2 Å². The number of furan rings is 1. The third-order valence-corrected chi connectivity index (χ3v) is 2.62. The van der Waals surface area contributed by atoms with Crippen molar-refractivity contribution in [1.29, 1.82) is 0 Å². The number of aromatic hydroxyl groups is 1. The van der Waals surface area contributed by atoms with E-state index in [1.807, 2.05) is 18.2 Å². The zero-order valence-electron chi connectivity index (χ0n) is 9.95. The van der Waals surface area contributed by atoms with Gasteiger partial charge < -0.3 is 9.52 Å². The van der Waals surface area contributed by atoms with Gasteiger partial charge in [0, 0.05) is 5.56 Å². The molecule has 3 aromatic rings. The van der Waals surface area contributed by atoms with E-state index in [1.165, 1.54) is 0 Å². The summed E-state index contributed by atoms with van der Waals surface area (Å²) >= 11 is 0. The Hall–Kier alpha value is -2.82. The number of benzene rings is 1. The summed E-state index contributed by atoms with van der Waals surface area (Å²) in [5.41, 5.74) is 1.54. The molecule has 2 aromatic heterocycles. The lowest BCUT2D eigenvalue weighted by Gasteiger charge is -1.97. The van der Waals surface area contributed by atoms with E-state index in [9.17, 15) is 5.11 Å². The molecule has 3 rings (SSSR count). The normalized spacial score (nSPS) is 11.2. The lowest BCUT2D eigenvalue weighted by molar-refractivity contribution is 0.477. The highest BCUT2D eigenvalue weighted by Crippen LogP contribution is 2.25. The van der Waals surface area contributed by atoms with E-state index in [0.29, 0.717) is 17.2 Å². The number of hydrogen-bond acceptors (Lipinski definition) is 4. The van der Waals surface area contributed by atoms with Crippen molar-refractivity contribution in [2.24, 2.45) is 0 Å². The molecule has 0 aliphatic carbocycles. The molecule has 0 radical (unpaired) electrons. The molecule has 0 atom stereocenters. The highest BCUT2D eigenvalue weighted by atomic mass is 16.3. The molecule has 2 heterocycles. The van der Waals surface area contributed by atoms with Gasteiger partial charge in [0.15, 0.2) is 5.82 Å². The SMILES string of the molecule is Oc1ccccc1-c1n[nH]c(/C=C/c2ccoc2)n1. The minimum Gasteiger partial charge on any atom is -0.507 e. The standard InChI is InChI=1S/C14H11N3O2/c18-12-4-2-1-3-11(12)14-15-13(16-17-14)6-5-10-7-8-19-9-10/h1-9,18H,(H,15,16,17)/b6-5+. The third kappa shape index (κ3) is 2.40. The van der Waals surface area contributed by atoms with Crippen LogP contribution < -0.4 is 0 Å². The summed E-state index contributed by atoms with van der Waals surface area (Å²) in [6, 6.07) is 8.79. The van der Waals surface area contributed by atoms with Crippen LogP contribution in [0.5, 0.6) is 5.75 Å². The maximum absolute atomic E-state index is 9.73. The first-order valence-corrected chi connectivity index (χ1v) is 5.74. The van der Waals surface area contributed by atoms with Crippen molar-refractivity contribution in [1.82, 2.24) is 15.2 Å². The number of H-pyrrole nitrogens is 1. The Balaban J connectivity index is 1.86. The number of nitrogens with zero attached hydrogens (tertiary/aromatic N) is 2. The minimum absolute atomic E-state index is 0.159. The van der Waals surface area contributed by atoms with Gasteiger partial charge in [-0.1, -0.05) is 12.1 Å². The van der Waals surface area contributed by atoms with Gasteiger partial charge in [-0.05, 0) is 30.4 Å². The summed E-state index contributed by atoms with van der Waals surface area (Å²) in [5.74, 6) is 1.23. The molecule has 1 aromatic carbocycles. The number of phenolic OH excluding ortho intramolecular Hbond substituents is 1. The van der Waals surface area contributed by atoms with Gasteiger partial charge in [-0.3, -0.25) is 5.10 Å². The number of aromatic amines is 1. The van der Waals surface area contributed by atoms with Crippen LogP contribution >= 0.6 is 0 Å². The van der Waals surface area contributed by atoms with Gasteiger partial charge in [0.1, 0.15) is 11.6 Å². The molecule has 0 unspecified atom stereocenters. The van der Waals surface area contributed by atoms with Gasteiger partial charge in [0.05, 0.1) is 18.1 Å². The summed E-state index contributed by atoms with van der Waals surface area (Å²) in [6.07, 6.45) is 6.89. The topological polar surface area (TPSA) is 74.9 Å². The number of hydrogen-bond donors (Lipinski definition) is 2. The first-order valence-electron chi connectivity index (χ1n) is 5.74. The largest absolute Gasteiger partial charge is 0.507 e. The monoisotopic (exact) mass is 253 g/mol. The zero-order valence-corrected chi connectivity index (χ0v) is 9.95. The third-order valence-electron chi connectivity index (χ3n) is 2.62. The van der Waals surface area contributed by atoms with E-state index in [1.54, 1.807) is 36.8 Å². The van der Waals surface area contributed by atoms with Crippen LogP contribution in [0.15, 0.2) is 47.3 Å². The van der Waals surface area contributed by atoms with Gasteiger partial charge >= 0.3 is 0 Å². The summed E-state index contributed by atoms with van der Waals surface area (Å²) < 4.78 is 4.96. The van der Waals surface area contributed by atoms with Gasteiger partial charge in [-0.2, -0.15) is 5.10 Å². The molecule has 5 nitrogen and oxygen atoms in total. The lowest BCUT2D eigenvalue weighted by atomic mass is 10.2. The Morgan fingerprint density at radius 1 is 1.16 bits per heavy atom. The second-order valence-electron chi connectivity index (χ2n) is 3.95. The predicted molar refractivity (Wildman–Crippen MR) is 71.1 cm³/mol. The molecule has 0 fully saturated rings.